The van der Waals surface area contributed by atoms with Crippen LogP contribution < -0.4 is 15.5 Å². The van der Waals surface area contributed by atoms with Crippen LogP contribution in [0.5, 0.6) is 0 Å². The predicted octanol–water partition coefficient (Wildman–Crippen LogP) is 4.04. The summed E-state index contributed by atoms with van der Waals surface area (Å²) in [7, 11) is 0. The van der Waals surface area contributed by atoms with Crippen molar-refractivity contribution in [3.8, 4) is 0 Å². The van der Waals surface area contributed by atoms with E-state index in [1.807, 2.05) is 19.1 Å². The van der Waals surface area contributed by atoms with Gasteiger partial charge in [-0.2, -0.15) is 4.37 Å². The van der Waals surface area contributed by atoms with Crippen molar-refractivity contribution < 1.29 is 4.79 Å². The highest BCUT2D eigenvalue weighted by atomic mass is 32.1. The van der Waals surface area contributed by atoms with Gasteiger partial charge in [0.1, 0.15) is 5.82 Å². The highest BCUT2D eigenvalue weighted by molar-refractivity contribution is 7.09. The Hall–Kier alpha value is -2.15. The molecule has 2 N–H and O–H groups in total. The number of benzene rings is 1. The molecule has 2 heterocycles. The van der Waals surface area contributed by atoms with Crippen LogP contribution in [0.25, 0.3) is 0 Å². The summed E-state index contributed by atoms with van der Waals surface area (Å²) in [5.74, 6) is 0.750. The Morgan fingerprint density at radius 2 is 2.04 bits per heavy atom. The van der Waals surface area contributed by atoms with Crippen LogP contribution >= 0.6 is 11.5 Å². The number of nitrogens with zero attached hydrogens (tertiary/aromatic N) is 3. The number of anilines is 3. The highest BCUT2D eigenvalue weighted by Crippen LogP contribution is 2.29. The third-order valence-electron chi connectivity index (χ3n) is 4.10. The second kappa shape index (κ2) is 7.61. The minimum absolute atomic E-state index is 0.282. The number of aromatic nitrogens is 2. The Labute approximate surface area is 146 Å². The molecule has 0 radical (unpaired) electrons. The molecule has 0 spiro atoms. The van der Waals surface area contributed by atoms with Crippen molar-refractivity contribution in [3.05, 3.63) is 29.6 Å². The lowest BCUT2D eigenvalue weighted by molar-refractivity contribution is 0.262. The van der Waals surface area contributed by atoms with Gasteiger partial charge in [0.2, 0.25) is 5.13 Å². The van der Waals surface area contributed by atoms with Crippen LogP contribution in [0.1, 0.15) is 37.6 Å². The zero-order chi connectivity index (χ0) is 16.9. The minimum Gasteiger partial charge on any atom is -0.370 e. The summed E-state index contributed by atoms with van der Waals surface area (Å²) >= 11 is 1.20. The fourth-order valence-corrected chi connectivity index (χ4v) is 3.49. The van der Waals surface area contributed by atoms with E-state index in [-0.39, 0.29) is 6.03 Å². The first-order valence-electron chi connectivity index (χ1n) is 8.42. The molecule has 1 aromatic carbocycles. The smallest absolute Gasteiger partial charge is 0.325 e. The maximum atomic E-state index is 12.3. The van der Waals surface area contributed by atoms with Crippen LogP contribution in [-0.4, -0.2) is 28.5 Å². The first-order valence-corrected chi connectivity index (χ1v) is 9.19. The van der Waals surface area contributed by atoms with Crippen molar-refractivity contribution in [3.63, 3.8) is 0 Å². The van der Waals surface area contributed by atoms with Crippen LogP contribution in [0.4, 0.5) is 21.3 Å². The zero-order valence-corrected chi connectivity index (χ0v) is 14.9. The quantitative estimate of drug-likeness (QED) is 0.877. The number of hydrogen-bond acceptors (Lipinski definition) is 5. The maximum absolute atomic E-state index is 12.3. The molecule has 1 fully saturated rings. The minimum atomic E-state index is -0.282. The largest absolute Gasteiger partial charge is 0.370 e. The number of piperidine rings is 1. The number of rotatable bonds is 4. The molecular weight excluding hydrogens is 322 g/mol. The first-order chi connectivity index (χ1) is 11.7. The summed E-state index contributed by atoms with van der Waals surface area (Å²) < 4.78 is 4.18. The number of carbonyl (C=O) groups is 1. The number of carbonyl (C=O) groups excluding carboxylic acids is 1. The van der Waals surface area contributed by atoms with E-state index in [0.717, 1.165) is 36.7 Å². The average Bonchev–Trinajstić information content (AvgIpc) is 3.04. The molecule has 0 unspecified atom stereocenters. The van der Waals surface area contributed by atoms with Gasteiger partial charge in [-0.1, -0.05) is 13.0 Å². The van der Waals surface area contributed by atoms with Gasteiger partial charge in [0.05, 0.1) is 11.4 Å². The number of aryl methyl sites for hydroxylation is 2. The highest BCUT2D eigenvalue weighted by Gasteiger charge is 2.16. The molecule has 7 heteroatoms. The van der Waals surface area contributed by atoms with E-state index in [1.54, 1.807) is 0 Å². The fraction of sp³-hybridized carbons (Fsp3) is 0.471. The van der Waals surface area contributed by atoms with E-state index in [4.69, 9.17) is 0 Å². The molecule has 0 bridgehead atoms. The molecule has 1 aromatic heterocycles. The zero-order valence-electron chi connectivity index (χ0n) is 14.1. The van der Waals surface area contributed by atoms with Gasteiger partial charge in [0, 0.05) is 31.0 Å². The van der Waals surface area contributed by atoms with E-state index in [1.165, 1.54) is 36.4 Å². The number of urea groups is 1. The summed E-state index contributed by atoms with van der Waals surface area (Å²) in [6, 6.07) is 5.84. The number of amides is 2. The summed E-state index contributed by atoms with van der Waals surface area (Å²) in [4.78, 5) is 18.9. The van der Waals surface area contributed by atoms with Gasteiger partial charge in [-0.3, -0.25) is 5.32 Å². The van der Waals surface area contributed by atoms with E-state index in [9.17, 15) is 4.79 Å². The van der Waals surface area contributed by atoms with Gasteiger partial charge >= 0.3 is 6.03 Å². The van der Waals surface area contributed by atoms with Crippen LogP contribution in [0.15, 0.2) is 18.2 Å². The summed E-state index contributed by atoms with van der Waals surface area (Å²) in [5.41, 5.74) is 3.12. The molecule has 2 amide bonds. The van der Waals surface area contributed by atoms with Crippen molar-refractivity contribution in [2.45, 2.75) is 39.5 Å². The first kappa shape index (κ1) is 16.7. The predicted molar refractivity (Wildman–Crippen MR) is 99.2 cm³/mol. The molecule has 0 saturated carbocycles. The molecule has 128 valence electrons. The summed E-state index contributed by atoms with van der Waals surface area (Å²) in [5, 5.41) is 6.25. The lowest BCUT2D eigenvalue weighted by Crippen LogP contribution is -2.31. The summed E-state index contributed by atoms with van der Waals surface area (Å²) in [6.45, 7) is 6.14. The topological polar surface area (TPSA) is 70.2 Å². The Kier molecular flexibility index (Phi) is 5.30. The lowest BCUT2D eigenvalue weighted by atomic mass is 10.1. The van der Waals surface area contributed by atoms with Gasteiger partial charge in [0.15, 0.2) is 0 Å². The van der Waals surface area contributed by atoms with Gasteiger partial charge in [0.25, 0.3) is 0 Å². The van der Waals surface area contributed by atoms with Gasteiger partial charge in [-0.05, 0) is 43.9 Å². The lowest BCUT2D eigenvalue weighted by Gasteiger charge is -2.30. The van der Waals surface area contributed by atoms with Crippen molar-refractivity contribution in [1.29, 1.82) is 0 Å². The Morgan fingerprint density at radius 3 is 2.75 bits per heavy atom. The summed E-state index contributed by atoms with van der Waals surface area (Å²) in [6.07, 6.45) is 4.44. The molecular formula is C17H23N5OS. The van der Waals surface area contributed by atoms with Gasteiger partial charge < -0.3 is 10.2 Å². The van der Waals surface area contributed by atoms with E-state index in [0.29, 0.717) is 5.13 Å². The molecule has 1 aliphatic rings. The van der Waals surface area contributed by atoms with Crippen LogP contribution in [0, 0.1) is 6.92 Å². The number of hydrogen-bond donors (Lipinski definition) is 2. The molecule has 1 saturated heterocycles. The van der Waals surface area contributed by atoms with Gasteiger partial charge in [-0.15, -0.1) is 0 Å². The molecule has 1 aliphatic heterocycles. The SMILES string of the molecule is CCc1nsc(NC(=O)Nc2ccc(C)cc2N2CCCCC2)n1. The van der Waals surface area contributed by atoms with E-state index in [2.05, 4.69) is 37.9 Å². The molecule has 0 atom stereocenters. The standard InChI is InChI=1S/C17H23N5OS/c1-3-15-19-17(24-21-15)20-16(23)18-13-8-7-12(2)11-14(13)22-9-5-4-6-10-22/h7-8,11H,3-6,9-10H2,1-2H3,(H2,18,19,20,21,23). The average molecular weight is 345 g/mol. The second-order valence-corrected chi connectivity index (χ2v) is 6.77. The normalized spacial score (nSPS) is 14.5. The fourth-order valence-electron chi connectivity index (χ4n) is 2.84. The molecule has 2 aromatic rings. The van der Waals surface area contributed by atoms with E-state index >= 15 is 0 Å². The second-order valence-electron chi connectivity index (χ2n) is 6.02. The van der Waals surface area contributed by atoms with Crippen LogP contribution in [0.3, 0.4) is 0 Å². The van der Waals surface area contributed by atoms with Crippen molar-refractivity contribution in [2.75, 3.05) is 28.6 Å². The van der Waals surface area contributed by atoms with Crippen LogP contribution in [0.2, 0.25) is 0 Å². The van der Waals surface area contributed by atoms with Crippen molar-refractivity contribution in [1.82, 2.24) is 9.36 Å². The van der Waals surface area contributed by atoms with Crippen LogP contribution in [-0.2, 0) is 6.42 Å². The monoisotopic (exact) mass is 345 g/mol. The Morgan fingerprint density at radius 1 is 1.25 bits per heavy atom. The molecule has 24 heavy (non-hydrogen) atoms. The molecule has 3 rings (SSSR count). The Balaban J connectivity index is 1.72. The third-order valence-corrected chi connectivity index (χ3v) is 4.77. The number of nitrogens with one attached hydrogen (secondary N) is 2. The van der Waals surface area contributed by atoms with Crippen molar-refractivity contribution in [2.24, 2.45) is 0 Å². The van der Waals surface area contributed by atoms with Gasteiger partial charge in [-0.25, -0.2) is 9.78 Å². The van der Waals surface area contributed by atoms with Crippen molar-refractivity contribution >= 4 is 34.1 Å². The van der Waals surface area contributed by atoms with E-state index < -0.39 is 0 Å². The Bertz CT molecular complexity index is 709. The third kappa shape index (κ3) is 4.03. The maximum Gasteiger partial charge on any atom is 0.325 e. The molecule has 6 nitrogen and oxygen atoms in total. The molecule has 0 aliphatic carbocycles.